The predicted molar refractivity (Wildman–Crippen MR) is 71.3 cm³/mol. The van der Waals surface area contributed by atoms with Crippen molar-refractivity contribution in [2.45, 2.75) is 22.6 Å². The number of esters is 1. The average molecular weight is 421 g/mol. The molecule has 0 aromatic heterocycles. The number of halogens is 10. The van der Waals surface area contributed by atoms with Gasteiger partial charge in [0.15, 0.2) is 0 Å². The molecule has 4 nitrogen and oxygen atoms in total. The third kappa shape index (κ3) is 3.94. The van der Waals surface area contributed by atoms with E-state index >= 15 is 0 Å². The number of hydrogen-bond acceptors (Lipinski definition) is 4. The van der Waals surface area contributed by atoms with E-state index in [1.54, 1.807) is 0 Å². The molecule has 0 saturated carbocycles. The molecular formula is C11H6Cl2F8N2O2. The van der Waals surface area contributed by atoms with Gasteiger partial charge in [-0.15, -0.1) is 0 Å². The fraction of sp³-hybridized carbons (Fsp3) is 0.364. The van der Waals surface area contributed by atoms with Crippen LogP contribution in [0.15, 0.2) is 12.1 Å². The van der Waals surface area contributed by atoms with Gasteiger partial charge in [-0.25, -0.2) is 9.18 Å². The Morgan fingerprint density at radius 3 is 1.64 bits per heavy atom. The van der Waals surface area contributed by atoms with Crippen LogP contribution < -0.4 is 16.2 Å². The van der Waals surface area contributed by atoms with Crippen LogP contribution in [0.4, 0.5) is 46.5 Å². The number of carbonyl (C=O) groups is 1. The van der Waals surface area contributed by atoms with Crippen molar-refractivity contribution in [3.63, 3.8) is 0 Å². The van der Waals surface area contributed by atoms with Gasteiger partial charge in [-0.1, -0.05) is 23.2 Å². The largest absolute Gasteiger partial charge is 0.465 e. The zero-order valence-electron chi connectivity index (χ0n) is 11.4. The van der Waals surface area contributed by atoms with Crippen LogP contribution in [0.2, 0.25) is 0 Å². The predicted octanol–water partition coefficient (Wildman–Crippen LogP) is 4.15. The van der Waals surface area contributed by atoms with Crippen molar-refractivity contribution in [3.05, 3.63) is 17.7 Å². The molecule has 0 aliphatic carbocycles. The number of alkyl halides is 10. The van der Waals surface area contributed by atoms with Crippen LogP contribution in [0.1, 0.15) is 5.56 Å². The van der Waals surface area contributed by atoms with Gasteiger partial charge in [-0.05, 0) is 0 Å². The van der Waals surface area contributed by atoms with E-state index in [-0.39, 0.29) is 12.1 Å². The van der Waals surface area contributed by atoms with Gasteiger partial charge in [0.05, 0.1) is 5.56 Å². The summed E-state index contributed by atoms with van der Waals surface area (Å²) in [6.45, 7) is 0. The topological polar surface area (TPSA) is 78.3 Å². The molecule has 1 aromatic rings. The number of anilines is 2. The van der Waals surface area contributed by atoms with Crippen molar-refractivity contribution in [2.75, 3.05) is 11.5 Å². The van der Waals surface area contributed by atoms with E-state index in [2.05, 4.69) is 27.9 Å². The second-order valence-corrected chi connectivity index (χ2v) is 5.75. The van der Waals surface area contributed by atoms with Crippen LogP contribution in [0.5, 0.6) is 5.75 Å². The van der Waals surface area contributed by atoms with Crippen molar-refractivity contribution in [3.8, 4) is 5.75 Å². The Labute approximate surface area is 143 Å². The molecule has 0 unspecified atom stereocenters. The van der Waals surface area contributed by atoms with E-state index in [1.165, 1.54) is 0 Å². The Balaban J connectivity index is 3.27. The van der Waals surface area contributed by atoms with Crippen LogP contribution in [-0.4, -0.2) is 22.7 Å². The number of benzene rings is 1. The SMILES string of the molecule is Nc1cc(OC(=O)C(F)(F)C(F)(F)F)cc(N)c1C(F)(F)C(F)(Cl)Cl. The lowest BCUT2D eigenvalue weighted by molar-refractivity contribution is -0.276. The van der Waals surface area contributed by atoms with Crippen molar-refractivity contribution in [2.24, 2.45) is 0 Å². The van der Waals surface area contributed by atoms with Gasteiger partial charge >= 0.3 is 28.6 Å². The van der Waals surface area contributed by atoms with E-state index in [0.29, 0.717) is 0 Å². The maximum atomic E-state index is 13.7. The zero-order valence-corrected chi connectivity index (χ0v) is 12.9. The molecule has 1 aromatic carbocycles. The summed E-state index contributed by atoms with van der Waals surface area (Å²) >= 11 is 9.33. The van der Waals surface area contributed by atoms with Gasteiger partial charge in [0.1, 0.15) is 5.75 Å². The minimum absolute atomic E-state index is 0.240. The highest BCUT2D eigenvalue weighted by atomic mass is 35.5. The standard InChI is InChI=1S/C11H6Cl2F8N2O2/c12-10(13,18)8(14,15)6-4(22)1-3(2-5(6)23)25-7(24)9(16,17)11(19,20)21/h1-2H,22-23H2. The van der Waals surface area contributed by atoms with Crippen LogP contribution in [0.3, 0.4) is 0 Å². The highest BCUT2D eigenvalue weighted by Gasteiger charge is 2.65. The summed E-state index contributed by atoms with van der Waals surface area (Å²) in [7, 11) is 0. The smallest absolute Gasteiger partial charge is 0.422 e. The molecule has 0 heterocycles. The summed E-state index contributed by atoms with van der Waals surface area (Å²) in [5, 5.41) is 0. The van der Waals surface area contributed by atoms with Gasteiger partial charge in [0.2, 0.25) is 0 Å². The third-order valence-corrected chi connectivity index (χ3v) is 3.14. The fourth-order valence-electron chi connectivity index (χ4n) is 1.51. The zero-order chi connectivity index (χ0) is 20.0. The number of nitrogens with two attached hydrogens (primary N) is 2. The number of nitrogen functional groups attached to an aromatic ring is 2. The Morgan fingerprint density at radius 1 is 0.920 bits per heavy atom. The highest BCUT2D eigenvalue weighted by Crippen LogP contribution is 2.51. The second kappa shape index (κ2) is 6.24. The Bertz CT molecular complexity index is 665. The summed E-state index contributed by atoms with van der Waals surface area (Å²) in [5.41, 5.74) is 6.51. The molecule has 0 amide bonds. The lowest BCUT2D eigenvalue weighted by atomic mass is 10.0. The van der Waals surface area contributed by atoms with Gasteiger partial charge in [0.25, 0.3) is 0 Å². The second-order valence-electron chi connectivity index (χ2n) is 4.51. The minimum Gasteiger partial charge on any atom is -0.422 e. The lowest BCUT2D eigenvalue weighted by Gasteiger charge is -2.25. The number of rotatable bonds is 4. The molecule has 0 atom stereocenters. The Kier molecular flexibility index (Phi) is 5.33. The van der Waals surface area contributed by atoms with E-state index in [4.69, 9.17) is 11.5 Å². The molecule has 0 fully saturated rings. The number of carbonyl (C=O) groups excluding carboxylic acids is 1. The van der Waals surface area contributed by atoms with Crippen LogP contribution in [0.25, 0.3) is 0 Å². The van der Waals surface area contributed by atoms with Crippen molar-refractivity contribution < 1.29 is 44.7 Å². The van der Waals surface area contributed by atoms with Crippen LogP contribution in [0, 0.1) is 0 Å². The van der Waals surface area contributed by atoms with E-state index in [1.807, 2.05) is 0 Å². The van der Waals surface area contributed by atoms with Crippen molar-refractivity contribution in [1.29, 1.82) is 0 Å². The number of ether oxygens (including phenoxy) is 1. The minimum atomic E-state index is -6.26. The highest BCUT2D eigenvalue weighted by molar-refractivity contribution is 6.47. The van der Waals surface area contributed by atoms with Crippen molar-refractivity contribution in [1.82, 2.24) is 0 Å². The fourth-order valence-corrected chi connectivity index (χ4v) is 1.70. The van der Waals surface area contributed by atoms with Gasteiger partial charge < -0.3 is 16.2 Å². The Morgan fingerprint density at radius 2 is 1.32 bits per heavy atom. The quantitative estimate of drug-likeness (QED) is 0.252. The molecule has 4 N–H and O–H groups in total. The van der Waals surface area contributed by atoms with Gasteiger partial charge in [0, 0.05) is 23.5 Å². The first-order valence-electron chi connectivity index (χ1n) is 5.73. The van der Waals surface area contributed by atoms with Crippen LogP contribution >= 0.6 is 23.2 Å². The molecule has 0 radical (unpaired) electrons. The Hall–Kier alpha value is -1.69. The summed E-state index contributed by atoms with van der Waals surface area (Å²) in [6.07, 6.45) is -6.26. The van der Waals surface area contributed by atoms with Crippen LogP contribution in [-0.2, 0) is 10.7 Å². The molecule has 0 aliphatic rings. The molecule has 0 saturated heterocycles. The first kappa shape index (κ1) is 21.4. The molecule has 142 valence electrons. The summed E-state index contributed by atoms with van der Waals surface area (Å²) in [4.78, 5) is 10.9. The molecule has 0 aliphatic heterocycles. The van der Waals surface area contributed by atoms with E-state index in [9.17, 15) is 39.9 Å². The molecule has 0 spiro atoms. The first-order chi connectivity index (χ1) is 10.9. The molecule has 25 heavy (non-hydrogen) atoms. The molecule has 1 rings (SSSR count). The van der Waals surface area contributed by atoms with E-state index in [0.717, 1.165) is 0 Å². The van der Waals surface area contributed by atoms with Crippen molar-refractivity contribution >= 4 is 40.5 Å². The maximum absolute atomic E-state index is 13.7. The van der Waals surface area contributed by atoms with Gasteiger partial charge in [-0.2, -0.15) is 30.7 Å². The van der Waals surface area contributed by atoms with Gasteiger partial charge in [-0.3, -0.25) is 0 Å². The maximum Gasteiger partial charge on any atom is 0.465 e. The number of hydrogen-bond donors (Lipinski definition) is 2. The summed E-state index contributed by atoms with van der Waals surface area (Å²) in [5.74, 6) is -14.8. The monoisotopic (exact) mass is 420 g/mol. The van der Waals surface area contributed by atoms with E-state index < -0.39 is 51.3 Å². The average Bonchev–Trinajstić information content (AvgIpc) is 2.34. The summed E-state index contributed by atoms with van der Waals surface area (Å²) < 4.78 is 102. The first-order valence-corrected chi connectivity index (χ1v) is 6.49. The normalized spacial score (nSPS) is 13.7. The lowest BCUT2D eigenvalue weighted by Crippen LogP contribution is -2.46. The third-order valence-electron chi connectivity index (χ3n) is 2.67. The molecule has 0 bridgehead atoms. The molecule has 14 heteroatoms. The molecular weight excluding hydrogens is 415 g/mol. The summed E-state index contributed by atoms with van der Waals surface area (Å²) in [6, 6.07) is 0.479.